The van der Waals surface area contributed by atoms with Crippen LogP contribution >= 0.6 is 0 Å². The van der Waals surface area contributed by atoms with Gasteiger partial charge in [0.2, 0.25) is 5.91 Å². The van der Waals surface area contributed by atoms with Crippen LogP contribution in [-0.2, 0) is 43.4 Å². The molecule has 2 atom stereocenters. The van der Waals surface area contributed by atoms with Crippen molar-refractivity contribution in [2.45, 2.75) is 52.0 Å². The Hall–Kier alpha value is -4.57. The number of hydrogen-bond acceptors (Lipinski definition) is 8. The highest BCUT2D eigenvalue weighted by atomic mass is 16.5. The standard InChI is InChI=1S/C34H41N3O7/c1-24(2)19-29(33(40)43-22-25-9-5-3-6-10-25)35-32(39)28(36-34(41)44-23-26-11-7-4-8-12-26)20-27-13-14-31(38)30(21-27)37-15-17-42-18-16-37/h3-14,21,24,28-29,38H,15-20,22-23H2,1-2H3,(H,35,39)(H,36,41)/t28-,29-/m0/s1. The number of alkyl carbamates (subject to hydrolysis) is 1. The zero-order valence-corrected chi connectivity index (χ0v) is 25.2. The minimum atomic E-state index is -1.07. The number of amides is 2. The molecule has 0 spiro atoms. The number of hydrogen-bond donors (Lipinski definition) is 3. The summed E-state index contributed by atoms with van der Waals surface area (Å²) < 4.78 is 16.4. The number of benzene rings is 3. The second-order valence-corrected chi connectivity index (χ2v) is 11.2. The van der Waals surface area contributed by atoms with Crippen LogP contribution in [-0.4, -0.2) is 61.5 Å². The zero-order chi connectivity index (χ0) is 31.3. The average molecular weight is 604 g/mol. The first-order chi connectivity index (χ1) is 21.3. The molecule has 1 heterocycles. The van der Waals surface area contributed by atoms with E-state index in [-0.39, 0.29) is 31.3 Å². The Bertz CT molecular complexity index is 1360. The number of morpholine rings is 1. The number of carbonyl (C=O) groups is 3. The second kappa shape index (κ2) is 16.3. The van der Waals surface area contributed by atoms with E-state index in [1.807, 2.05) is 79.4 Å². The lowest BCUT2D eigenvalue weighted by molar-refractivity contribution is -0.149. The molecule has 1 aliphatic rings. The summed E-state index contributed by atoms with van der Waals surface area (Å²) in [6, 6.07) is 21.6. The molecule has 0 radical (unpaired) electrons. The average Bonchev–Trinajstić information content (AvgIpc) is 3.04. The topological polar surface area (TPSA) is 126 Å². The zero-order valence-electron chi connectivity index (χ0n) is 25.2. The molecule has 4 rings (SSSR count). The fraction of sp³-hybridized carbons (Fsp3) is 0.382. The Labute approximate surface area is 258 Å². The van der Waals surface area contributed by atoms with Gasteiger partial charge in [0.25, 0.3) is 0 Å². The summed E-state index contributed by atoms with van der Waals surface area (Å²) in [4.78, 5) is 41.7. The van der Waals surface area contributed by atoms with Crippen molar-refractivity contribution in [2.75, 3.05) is 31.2 Å². The molecular weight excluding hydrogens is 562 g/mol. The molecule has 0 aromatic heterocycles. The number of phenolic OH excluding ortho intramolecular Hbond substituents is 1. The molecule has 0 unspecified atom stereocenters. The van der Waals surface area contributed by atoms with Gasteiger partial charge in [0.1, 0.15) is 31.0 Å². The molecule has 1 aliphatic heterocycles. The van der Waals surface area contributed by atoms with E-state index in [1.54, 1.807) is 18.2 Å². The monoisotopic (exact) mass is 603 g/mol. The van der Waals surface area contributed by atoms with Crippen LogP contribution in [0.15, 0.2) is 78.9 Å². The van der Waals surface area contributed by atoms with Gasteiger partial charge in [-0.15, -0.1) is 0 Å². The number of rotatable bonds is 13. The quantitative estimate of drug-likeness (QED) is 0.247. The van der Waals surface area contributed by atoms with Gasteiger partial charge in [0.05, 0.1) is 18.9 Å². The Morgan fingerprint density at radius 1 is 0.818 bits per heavy atom. The van der Waals surface area contributed by atoms with Crippen molar-refractivity contribution in [2.24, 2.45) is 5.92 Å². The van der Waals surface area contributed by atoms with E-state index in [0.717, 1.165) is 11.1 Å². The third-order valence-electron chi connectivity index (χ3n) is 7.18. The van der Waals surface area contributed by atoms with Crippen LogP contribution in [0.25, 0.3) is 0 Å². The van der Waals surface area contributed by atoms with E-state index in [4.69, 9.17) is 14.2 Å². The Morgan fingerprint density at radius 3 is 2.05 bits per heavy atom. The largest absolute Gasteiger partial charge is 0.506 e. The number of carbonyl (C=O) groups excluding carboxylic acids is 3. The summed E-state index contributed by atoms with van der Waals surface area (Å²) in [7, 11) is 0. The van der Waals surface area contributed by atoms with Crippen molar-refractivity contribution in [3.05, 3.63) is 95.6 Å². The van der Waals surface area contributed by atoms with E-state index < -0.39 is 30.1 Å². The van der Waals surface area contributed by atoms with Crippen molar-refractivity contribution in [1.82, 2.24) is 10.6 Å². The van der Waals surface area contributed by atoms with Gasteiger partial charge in [0.15, 0.2) is 0 Å². The van der Waals surface area contributed by atoms with Gasteiger partial charge in [0, 0.05) is 19.5 Å². The number of aromatic hydroxyl groups is 1. The molecular formula is C34H41N3O7. The molecule has 0 bridgehead atoms. The van der Waals surface area contributed by atoms with Crippen LogP contribution in [0.2, 0.25) is 0 Å². The maximum atomic E-state index is 13.7. The maximum absolute atomic E-state index is 13.7. The molecule has 0 saturated carbocycles. The predicted octanol–water partition coefficient (Wildman–Crippen LogP) is 4.34. The minimum absolute atomic E-state index is 0.0309. The first-order valence-electron chi connectivity index (χ1n) is 14.9. The van der Waals surface area contributed by atoms with E-state index >= 15 is 0 Å². The van der Waals surface area contributed by atoms with Crippen LogP contribution in [0.4, 0.5) is 10.5 Å². The lowest BCUT2D eigenvalue weighted by atomic mass is 10.0. The Morgan fingerprint density at radius 2 is 1.43 bits per heavy atom. The molecule has 1 fully saturated rings. The number of esters is 1. The SMILES string of the molecule is CC(C)C[C@H](NC(=O)[C@H](Cc1ccc(O)c(N2CCOCC2)c1)NC(=O)OCc1ccccc1)C(=O)OCc1ccccc1. The van der Waals surface area contributed by atoms with Gasteiger partial charge in [-0.25, -0.2) is 9.59 Å². The third-order valence-corrected chi connectivity index (χ3v) is 7.18. The summed E-state index contributed by atoms with van der Waals surface area (Å²) in [5, 5.41) is 16.0. The molecule has 10 heteroatoms. The molecule has 3 aromatic carbocycles. The van der Waals surface area contributed by atoms with Crippen molar-refractivity contribution >= 4 is 23.7 Å². The van der Waals surface area contributed by atoms with Gasteiger partial charge in [-0.1, -0.05) is 80.6 Å². The summed E-state index contributed by atoms with van der Waals surface area (Å²) >= 11 is 0. The lowest BCUT2D eigenvalue weighted by Gasteiger charge is -2.30. The van der Waals surface area contributed by atoms with Crippen molar-refractivity contribution in [3.63, 3.8) is 0 Å². The minimum Gasteiger partial charge on any atom is -0.506 e. The number of anilines is 1. The molecule has 44 heavy (non-hydrogen) atoms. The summed E-state index contributed by atoms with van der Waals surface area (Å²) in [5.41, 5.74) is 2.97. The number of phenols is 1. The highest BCUT2D eigenvalue weighted by molar-refractivity contribution is 5.90. The fourth-order valence-corrected chi connectivity index (χ4v) is 4.89. The highest BCUT2D eigenvalue weighted by Crippen LogP contribution is 2.29. The van der Waals surface area contributed by atoms with Crippen molar-refractivity contribution < 1.29 is 33.7 Å². The first kappa shape index (κ1) is 32.3. The molecule has 1 saturated heterocycles. The van der Waals surface area contributed by atoms with E-state index in [9.17, 15) is 19.5 Å². The van der Waals surface area contributed by atoms with Gasteiger partial charge >= 0.3 is 12.1 Å². The highest BCUT2D eigenvalue weighted by Gasteiger charge is 2.29. The van der Waals surface area contributed by atoms with E-state index in [1.165, 1.54) is 0 Å². The summed E-state index contributed by atoms with van der Waals surface area (Å²) in [5.74, 6) is -0.907. The van der Waals surface area contributed by atoms with E-state index in [2.05, 4.69) is 10.6 Å². The number of nitrogens with one attached hydrogen (secondary N) is 2. The Kier molecular flexibility index (Phi) is 12.0. The molecule has 3 aromatic rings. The molecule has 234 valence electrons. The fourth-order valence-electron chi connectivity index (χ4n) is 4.89. The molecule has 2 amide bonds. The van der Waals surface area contributed by atoms with Crippen molar-refractivity contribution in [3.8, 4) is 5.75 Å². The van der Waals surface area contributed by atoms with Gasteiger partial charge in [-0.05, 0) is 41.2 Å². The normalized spacial score (nSPS) is 14.4. The number of nitrogens with zero attached hydrogens (tertiary/aromatic N) is 1. The molecule has 3 N–H and O–H groups in total. The Balaban J connectivity index is 1.50. The van der Waals surface area contributed by atoms with Crippen LogP contribution in [0, 0.1) is 5.92 Å². The summed E-state index contributed by atoms with van der Waals surface area (Å²) in [6.45, 7) is 6.33. The van der Waals surface area contributed by atoms with Crippen LogP contribution in [0.5, 0.6) is 5.75 Å². The van der Waals surface area contributed by atoms with Crippen LogP contribution < -0.4 is 15.5 Å². The summed E-state index contributed by atoms with van der Waals surface area (Å²) in [6.07, 6.45) is -0.323. The lowest BCUT2D eigenvalue weighted by Crippen LogP contribution is -2.53. The third kappa shape index (κ3) is 10.0. The first-order valence-corrected chi connectivity index (χ1v) is 14.9. The van der Waals surface area contributed by atoms with Gasteiger partial charge in [-0.2, -0.15) is 0 Å². The smallest absolute Gasteiger partial charge is 0.408 e. The molecule has 10 nitrogen and oxygen atoms in total. The number of ether oxygens (including phenoxy) is 3. The maximum Gasteiger partial charge on any atom is 0.408 e. The predicted molar refractivity (Wildman–Crippen MR) is 166 cm³/mol. The van der Waals surface area contributed by atoms with Crippen molar-refractivity contribution in [1.29, 1.82) is 0 Å². The van der Waals surface area contributed by atoms with Crippen LogP contribution in [0.3, 0.4) is 0 Å². The van der Waals surface area contributed by atoms with Crippen LogP contribution in [0.1, 0.15) is 37.0 Å². The molecule has 0 aliphatic carbocycles. The van der Waals surface area contributed by atoms with Gasteiger partial charge < -0.3 is 34.9 Å². The second-order valence-electron chi connectivity index (χ2n) is 11.2. The van der Waals surface area contributed by atoms with E-state index in [0.29, 0.717) is 44.0 Å². The van der Waals surface area contributed by atoms with Gasteiger partial charge in [-0.3, -0.25) is 4.79 Å².